The van der Waals surface area contributed by atoms with Crippen molar-refractivity contribution in [2.75, 3.05) is 6.54 Å². The summed E-state index contributed by atoms with van der Waals surface area (Å²) in [5.41, 5.74) is -0.351. The van der Waals surface area contributed by atoms with Gasteiger partial charge >= 0.3 is 6.09 Å². The highest BCUT2D eigenvalue weighted by Crippen LogP contribution is 2.13. The third-order valence-electron chi connectivity index (χ3n) is 2.02. The van der Waals surface area contributed by atoms with Crippen molar-refractivity contribution in [1.29, 1.82) is 0 Å². The van der Waals surface area contributed by atoms with Crippen LogP contribution < -0.4 is 5.32 Å². The Kier molecular flexibility index (Phi) is 5.51. The first-order valence-corrected chi connectivity index (χ1v) is 4.98. The van der Waals surface area contributed by atoms with Crippen LogP contribution in [0.4, 0.5) is 4.79 Å². The van der Waals surface area contributed by atoms with Gasteiger partial charge in [0.05, 0.1) is 0 Å². The van der Waals surface area contributed by atoms with Crippen molar-refractivity contribution >= 4 is 6.09 Å². The van der Waals surface area contributed by atoms with Gasteiger partial charge in [-0.1, -0.05) is 20.3 Å². The molecular formula is C10H21NO2. The van der Waals surface area contributed by atoms with Gasteiger partial charge in [0.15, 0.2) is 0 Å². The summed E-state index contributed by atoms with van der Waals surface area (Å²) in [6.07, 6.45) is 2.60. The minimum absolute atomic E-state index is 0.305. The van der Waals surface area contributed by atoms with E-state index in [9.17, 15) is 4.79 Å². The zero-order valence-corrected chi connectivity index (χ0v) is 9.14. The summed E-state index contributed by atoms with van der Waals surface area (Å²) in [7, 11) is 0. The van der Waals surface area contributed by atoms with Crippen LogP contribution in [0, 0.1) is 0 Å². The normalized spacial score (nSPS) is 11.1. The lowest BCUT2D eigenvalue weighted by atomic mass is 10.1. The van der Waals surface area contributed by atoms with Gasteiger partial charge in [0, 0.05) is 6.54 Å². The fourth-order valence-electron chi connectivity index (χ4n) is 0.726. The average molecular weight is 187 g/mol. The molecule has 0 aliphatic rings. The largest absolute Gasteiger partial charge is 0.444 e. The van der Waals surface area contributed by atoms with Crippen molar-refractivity contribution < 1.29 is 9.53 Å². The Balaban J connectivity index is 3.62. The topological polar surface area (TPSA) is 38.3 Å². The van der Waals surface area contributed by atoms with Crippen LogP contribution in [0.25, 0.3) is 0 Å². The number of rotatable bonds is 5. The maximum absolute atomic E-state index is 11.2. The van der Waals surface area contributed by atoms with E-state index in [2.05, 4.69) is 12.2 Å². The highest BCUT2D eigenvalue weighted by Gasteiger charge is 2.19. The third kappa shape index (κ3) is 6.43. The third-order valence-corrected chi connectivity index (χ3v) is 2.02. The number of unbranched alkanes of at least 4 members (excludes halogenated alkanes) is 1. The van der Waals surface area contributed by atoms with Gasteiger partial charge in [0.1, 0.15) is 5.60 Å². The molecule has 1 N–H and O–H groups in total. The molecule has 0 saturated heterocycles. The van der Waals surface area contributed by atoms with Crippen molar-refractivity contribution in [3.63, 3.8) is 0 Å². The summed E-state index contributed by atoms with van der Waals surface area (Å²) in [4.78, 5) is 11.2. The Bertz CT molecular complexity index is 155. The quantitative estimate of drug-likeness (QED) is 0.672. The van der Waals surface area contributed by atoms with Gasteiger partial charge in [-0.25, -0.2) is 4.79 Å². The van der Waals surface area contributed by atoms with E-state index >= 15 is 0 Å². The molecule has 13 heavy (non-hydrogen) atoms. The molecule has 0 heterocycles. The summed E-state index contributed by atoms with van der Waals surface area (Å²) in [6.45, 7) is 8.61. The van der Waals surface area contributed by atoms with Crippen molar-refractivity contribution in [1.82, 2.24) is 5.32 Å². The summed E-state index contributed by atoms with van der Waals surface area (Å²) in [6, 6.07) is 0. The molecule has 0 unspecified atom stereocenters. The van der Waals surface area contributed by atoms with E-state index in [0.717, 1.165) is 19.3 Å². The Morgan fingerprint density at radius 2 is 2.00 bits per heavy atom. The molecule has 0 atom stereocenters. The van der Waals surface area contributed by atoms with Crippen LogP contribution in [0.2, 0.25) is 0 Å². The molecule has 0 rings (SSSR count). The average Bonchev–Trinajstić information content (AvgIpc) is 2.04. The highest BCUT2D eigenvalue weighted by molar-refractivity contribution is 5.67. The van der Waals surface area contributed by atoms with E-state index in [-0.39, 0.29) is 11.7 Å². The standard InChI is InChI=1S/C10H21NO2/c1-5-7-8-11-9(12)13-10(3,4)6-2/h5-8H2,1-4H3,(H,11,12). The molecule has 0 aromatic rings. The molecular weight excluding hydrogens is 166 g/mol. The summed E-state index contributed by atoms with van der Waals surface area (Å²) in [5.74, 6) is 0. The molecule has 0 aliphatic heterocycles. The lowest BCUT2D eigenvalue weighted by molar-refractivity contribution is 0.0363. The van der Waals surface area contributed by atoms with E-state index in [0.29, 0.717) is 6.54 Å². The molecule has 0 spiro atoms. The van der Waals surface area contributed by atoms with E-state index < -0.39 is 0 Å². The number of hydrogen-bond donors (Lipinski definition) is 1. The zero-order valence-electron chi connectivity index (χ0n) is 9.14. The predicted molar refractivity (Wildman–Crippen MR) is 53.8 cm³/mol. The molecule has 0 aromatic carbocycles. The molecule has 3 nitrogen and oxygen atoms in total. The second-order valence-corrected chi connectivity index (χ2v) is 3.78. The number of carbonyl (C=O) groups excluding carboxylic acids is 1. The smallest absolute Gasteiger partial charge is 0.407 e. The molecule has 0 saturated carbocycles. The summed E-state index contributed by atoms with van der Waals surface area (Å²) >= 11 is 0. The van der Waals surface area contributed by atoms with Gasteiger partial charge in [-0.05, 0) is 26.7 Å². The van der Waals surface area contributed by atoms with Crippen LogP contribution in [-0.4, -0.2) is 18.2 Å². The highest BCUT2D eigenvalue weighted by atomic mass is 16.6. The molecule has 1 amide bonds. The van der Waals surface area contributed by atoms with Crippen LogP contribution in [0.5, 0.6) is 0 Å². The van der Waals surface area contributed by atoms with Gasteiger partial charge in [-0.2, -0.15) is 0 Å². The molecule has 0 fully saturated rings. The Morgan fingerprint density at radius 1 is 1.38 bits per heavy atom. The lowest BCUT2D eigenvalue weighted by Gasteiger charge is -2.23. The van der Waals surface area contributed by atoms with Crippen molar-refractivity contribution in [3.8, 4) is 0 Å². The maximum Gasteiger partial charge on any atom is 0.407 e. The zero-order chi connectivity index (χ0) is 10.3. The van der Waals surface area contributed by atoms with Gasteiger partial charge < -0.3 is 10.1 Å². The number of ether oxygens (including phenoxy) is 1. The van der Waals surface area contributed by atoms with Gasteiger partial charge in [0.25, 0.3) is 0 Å². The second-order valence-electron chi connectivity index (χ2n) is 3.78. The fourth-order valence-corrected chi connectivity index (χ4v) is 0.726. The Hall–Kier alpha value is -0.730. The monoisotopic (exact) mass is 187 g/mol. The molecule has 0 radical (unpaired) electrons. The molecule has 0 aliphatic carbocycles. The number of hydrogen-bond acceptors (Lipinski definition) is 2. The molecule has 78 valence electrons. The van der Waals surface area contributed by atoms with Crippen molar-refractivity contribution in [3.05, 3.63) is 0 Å². The number of nitrogens with one attached hydrogen (secondary N) is 1. The molecule has 3 heteroatoms. The molecule has 0 bridgehead atoms. The van der Waals surface area contributed by atoms with E-state index in [1.165, 1.54) is 0 Å². The first kappa shape index (κ1) is 12.3. The van der Waals surface area contributed by atoms with Crippen molar-refractivity contribution in [2.45, 2.75) is 52.6 Å². The van der Waals surface area contributed by atoms with Crippen LogP contribution in [0.1, 0.15) is 47.0 Å². The number of carbonyl (C=O) groups is 1. The van der Waals surface area contributed by atoms with E-state index in [4.69, 9.17) is 4.74 Å². The fraction of sp³-hybridized carbons (Fsp3) is 0.900. The molecule has 0 aromatic heterocycles. The maximum atomic E-state index is 11.2. The Labute approximate surface area is 80.8 Å². The summed E-state index contributed by atoms with van der Waals surface area (Å²) in [5, 5.41) is 2.71. The summed E-state index contributed by atoms with van der Waals surface area (Å²) < 4.78 is 5.18. The van der Waals surface area contributed by atoms with Gasteiger partial charge in [-0.15, -0.1) is 0 Å². The van der Waals surface area contributed by atoms with Crippen LogP contribution in [0.3, 0.4) is 0 Å². The minimum atomic E-state index is -0.351. The SMILES string of the molecule is CCCCNC(=O)OC(C)(C)CC. The van der Waals surface area contributed by atoms with Gasteiger partial charge in [0.2, 0.25) is 0 Å². The first-order chi connectivity index (χ1) is 6.02. The lowest BCUT2D eigenvalue weighted by Crippen LogP contribution is -2.34. The van der Waals surface area contributed by atoms with Crippen LogP contribution in [0.15, 0.2) is 0 Å². The van der Waals surface area contributed by atoms with E-state index in [1.54, 1.807) is 0 Å². The van der Waals surface area contributed by atoms with Crippen LogP contribution in [-0.2, 0) is 4.74 Å². The van der Waals surface area contributed by atoms with Crippen LogP contribution >= 0.6 is 0 Å². The second kappa shape index (κ2) is 5.84. The van der Waals surface area contributed by atoms with Gasteiger partial charge in [-0.3, -0.25) is 0 Å². The number of amides is 1. The Morgan fingerprint density at radius 3 is 2.46 bits per heavy atom. The van der Waals surface area contributed by atoms with E-state index in [1.807, 2.05) is 20.8 Å². The van der Waals surface area contributed by atoms with Crippen molar-refractivity contribution in [2.24, 2.45) is 0 Å². The predicted octanol–water partition coefficient (Wildman–Crippen LogP) is 2.70. The number of alkyl carbamates (subject to hydrolysis) is 1. The first-order valence-electron chi connectivity index (χ1n) is 4.98. The minimum Gasteiger partial charge on any atom is -0.444 e.